The van der Waals surface area contributed by atoms with E-state index in [4.69, 9.17) is 4.74 Å². The van der Waals surface area contributed by atoms with E-state index in [0.29, 0.717) is 6.07 Å². The summed E-state index contributed by atoms with van der Waals surface area (Å²) in [6, 6.07) is 4.42. The number of halogens is 8. The van der Waals surface area contributed by atoms with Crippen LogP contribution in [0.1, 0.15) is 23.4 Å². The topological polar surface area (TPSA) is 76.6 Å². The number of allylic oxidation sites excluding steroid dienone is 1. The van der Waals surface area contributed by atoms with Crippen molar-refractivity contribution in [2.75, 3.05) is 7.11 Å². The fourth-order valence-electron chi connectivity index (χ4n) is 3.45. The van der Waals surface area contributed by atoms with Gasteiger partial charge >= 0.3 is 12.4 Å². The first-order valence-corrected chi connectivity index (χ1v) is 10.3. The largest absolute Gasteiger partial charge is 0.496 e. The summed E-state index contributed by atoms with van der Waals surface area (Å²) in [5.74, 6) is -4.38. The van der Waals surface area contributed by atoms with Crippen molar-refractivity contribution in [1.29, 1.82) is 0 Å². The van der Waals surface area contributed by atoms with Gasteiger partial charge in [0.05, 0.1) is 18.2 Å². The molecule has 4 rings (SSSR count). The van der Waals surface area contributed by atoms with Crippen molar-refractivity contribution in [3.05, 3.63) is 66.1 Å². The van der Waals surface area contributed by atoms with Crippen LogP contribution in [-0.2, 0) is 18.3 Å². The van der Waals surface area contributed by atoms with E-state index in [0.717, 1.165) is 43.6 Å². The molecule has 194 valence electrons. The third-order valence-corrected chi connectivity index (χ3v) is 5.20. The summed E-state index contributed by atoms with van der Waals surface area (Å²) in [4.78, 5) is 17.6. The van der Waals surface area contributed by atoms with Gasteiger partial charge in [-0.15, -0.1) is 6.58 Å². The molecule has 0 bridgehead atoms. The smallest absolute Gasteiger partial charge is 0.435 e. The predicted molar refractivity (Wildman–Crippen MR) is 116 cm³/mol. The maximum atomic E-state index is 14.0. The molecule has 4 aromatic rings. The molecule has 3 heterocycles. The number of hydrogen-bond donors (Lipinski definition) is 1. The molecule has 0 amide bonds. The molecule has 0 atom stereocenters. The Bertz CT molecular complexity index is 1460. The minimum Gasteiger partial charge on any atom is -0.496 e. The van der Waals surface area contributed by atoms with Gasteiger partial charge < -0.3 is 9.72 Å². The highest BCUT2D eigenvalue weighted by molar-refractivity contribution is 5.81. The van der Waals surface area contributed by atoms with Crippen molar-refractivity contribution < 1.29 is 39.9 Å². The molecular formula is C23H15F8N5O. The van der Waals surface area contributed by atoms with Crippen molar-refractivity contribution in [2.24, 2.45) is 0 Å². The summed E-state index contributed by atoms with van der Waals surface area (Å²) in [5.41, 5.74) is -4.31. The average molecular weight is 529 g/mol. The fraction of sp³-hybridized carbons (Fsp3) is 0.217. The van der Waals surface area contributed by atoms with E-state index in [1.165, 1.54) is 0 Å². The molecule has 0 saturated heterocycles. The number of benzene rings is 1. The van der Waals surface area contributed by atoms with E-state index >= 15 is 0 Å². The summed E-state index contributed by atoms with van der Waals surface area (Å²) < 4.78 is 114. The molecule has 0 radical (unpaired) electrons. The zero-order valence-corrected chi connectivity index (χ0v) is 18.7. The molecule has 0 aliphatic heterocycles. The number of rotatable bonds is 6. The number of pyridine rings is 1. The zero-order valence-electron chi connectivity index (χ0n) is 18.7. The van der Waals surface area contributed by atoms with Gasteiger partial charge in [0.15, 0.2) is 17.2 Å². The molecule has 0 aliphatic carbocycles. The number of nitrogens with zero attached hydrogens (tertiary/aromatic N) is 4. The zero-order chi connectivity index (χ0) is 27.2. The Kier molecular flexibility index (Phi) is 6.38. The van der Waals surface area contributed by atoms with Crippen LogP contribution in [0.15, 0.2) is 49.2 Å². The summed E-state index contributed by atoms with van der Waals surface area (Å²) in [6.45, 7) is 3.25. The quantitative estimate of drug-likeness (QED) is 0.220. The van der Waals surface area contributed by atoms with Crippen molar-refractivity contribution in [2.45, 2.75) is 24.7 Å². The van der Waals surface area contributed by atoms with Gasteiger partial charge in [0, 0.05) is 18.2 Å². The molecule has 0 spiro atoms. The van der Waals surface area contributed by atoms with Crippen molar-refractivity contribution in [1.82, 2.24) is 24.9 Å². The number of hydrogen-bond acceptors (Lipinski definition) is 5. The monoisotopic (exact) mass is 529 g/mol. The van der Waals surface area contributed by atoms with Crippen LogP contribution in [0.4, 0.5) is 35.1 Å². The van der Waals surface area contributed by atoms with Crippen LogP contribution in [0.5, 0.6) is 5.75 Å². The van der Waals surface area contributed by atoms with Crippen LogP contribution in [0.2, 0.25) is 0 Å². The van der Waals surface area contributed by atoms with E-state index in [2.05, 4.69) is 31.5 Å². The molecule has 1 N–H and O–H groups in total. The van der Waals surface area contributed by atoms with Gasteiger partial charge in [-0.3, -0.25) is 4.98 Å². The van der Waals surface area contributed by atoms with Crippen LogP contribution in [-0.4, -0.2) is 32.0 Å². The van der Waals surface area contributed by atoms with Gasteiger partial charge in [0.1, 0.15) is 22.8 Å². The summed E-state index contributed by atoms with van der Waals surface area (Å²) in [5, 5.41) is 0. The van der Waals surface area contributed by atoms with Gasteiger partial charge in [-0.25, -0.2) is 15.0 Å². The van der Waals surface area contributed by atoms with E-state index in [-0.39, 0.29) is 22.7 Å². The minimum atomic E-state index is -4.99. The number of aromatic nitrogens is 5. The van der Waals surface area contributed by atoms with Crippen LogP contribution < -0.4 is 4.74 Å². The second kappa shape index (κ2) is 9.09. The number of alkyl halides is 8. The van der Waals surface area contributed by atoms with Crippen LogP contribution in [0.3, 0.4) is 0 Å². The first-order valence-electron chi connectivity index (χ1n) is 10.3. The lowest BCUT2D eigenvalue weighted by Gasteiger charge is -2.13. The highest BCUT2D eigenvalue weighted by Crippen LogP contribution is 2.39. The molecule has 6 nitrogen and oxygen atoms in total. The van der Waals surface area contributed by atoms with E-state index < -0.39 is 58.6 Å². The Morgan fingerprint density at radius 3 is 2.24 bits per heavy atom. The maximum absolute atomic E-state index is 14.0. The SMILES string of the molecule is C=CCC(F)(F)c1ccc(-c2nc(C(F)(F)F)c3[nH]c(-c4ccc(C(F)(F)F)cc4OC)nc3n2)cn1. The van der Waals surface area contributed by atoms with E-state index in [1.54, 1.807) is 0 Å². The molecule has 37 heavy (non-hydrogen) atoms. The summed E-state index contributed by atoms with van der Waals surface area (Å²) in [6.07, 6.45) is -8.45. The lowest BCUT2D eigenvalue weighted by Crippen LogP contribution is -2.14. The van der Waals surface area contributed by atoms with Gasteiger partial charge in [-0.05, 0) is 30.3 Å². The Balaban J connectivity index is 1.84. The molecule has 0 saturated carbocycles. The average Bonchev–Trinajstić information content (AvgIpc) is 3.25. The number of aromatic amines is 1. The van der Waals surface area contributed by atoms with Crippen molar-refractivity contribution in [3.63, 3.8) is 0 Å². The van der Waals surface area contributed by atoms with Crippen molar-refractivity contribution >= 4 is 11.2 Å². The first kappa shape index (κ1) is 26.0. The molecule has 0 fully saturated rings. The third-order valence-electron chi connectivity index (χ3n) is 5.20. The normalized spacial score (nSPS) is 12.7. The molecule has 0 aliphatic rings. The van der Waals surface area contributed by atoms with Gasteiger partial charge in [-0.2, -0.15) is 35.1 Å². The Morgan fingerprint density at radius 1 is 0.946 bits per heavy atom. The Labute approximate surface area is 203 Å². The lowest BCUT2D eigenvalue weighted by atomic mass is 10.1. The maximum Gasteiger partial charge on any atom is 0.435 e. The molecular weight excluding hydrogens is 514 g/mol. The van der Waals surface area contributed by atoms with Gasteiger partial charge in [0.25, 0.3) is 5.92 Å². The van der Waals surface area contributed by atoms with Crippen molar-refractivity contribution in [3.8, 4) is 28.5 Å². The summed E-state index contributed by atoms with van der Waals surface area (Å²) >= 11 is 0. The van der Waals surface area contributed by atoms with E-state index in [1.807, 2.05) is 0 Å². The Morgan fingerprint density at radius 2 is 1.68 bits per heavy atom. The molecule has 0 unspecified atom stereocenters. The highest BCUT2D eigenvalue weighted by Gasteiger charge is 2.38. The standard InChI is InChI=1S/C23H15F8N5O/c1-3-8-21(24,25)15-7-4-11(10-32-15)18-34-17(23(29,30)31)16-20(35-18)36-19(33-16)13-6-5-12(22(26,27)28)9-14(13)37-2/h3-7,9-10H,1,8H2,2H3,(H,33,34,35,36). The first-order chi connectivity index (χ1) is 17.2. The second-order valence-corrected chi connectivity index (χ2v) is 7.72. The van der Waals surface area contributed by atoms with E-state index in [9.17, 15) is 35.1 Å². The number of H-pyrrole nitrogens is 1. The Hall–Kier alpha value is -4.10. The number of fused-ring (bicyclic) bond motifs is 1. The number of ether oxygens (including phenoxy) is 1. The van der Waals surface area contributed by atoms with Crippen LogP contribution in [0.25, 0.3) is 33.9 Å². The molecule has 3 aromatic heterocycles. The fourth-order valence-corrected chi connectivity index (χ4v) is 3.45. The number of imidazole rings is 1. The molecule has 1 aromatic carbocycles. The van der Waals surface area contributed by atoms with Gasteiger partial charge in [0.2, 0.25) is 0 Å². The summed E-state index contributed by atoms with van der Waals surface area (Å²) in [7, 11) is 1.09. The van der Waals surface area contributed by atoms with Gasteiger partial charge in [-0.1, -0.05) is 6.08 Å². The highest BCUT2D eigenvalue weighted by atomic mass is 19.4. The molecule has 14 heteroatoms. The predicted octanol–water partition coefficient (Wildman–Crippen LogP) is 6.80. The minimum absolute atomic E-state index is 0.0568. The lowest BCUT2D eigenvalue weighted by molar-refractivity contribution is -0.140. The van der Waals surface area contributed by atoms with Crippen LogP contribution in [0, 0.1) is 0 Å². The number of nitrogens with one attached hydrogen (secondary N) is 1. The number of methoxy groups -OCH3 is 1. The second-order valence-electron chi connectivity index (χ2n) is 7.72. The third kappa shape index (κ3) is 5.08. The van der Waals surface area contributed by atoms with Crippen LogP contribution >= 0.6 is 0 Å².